The Morgan fingerprint density at radius 3 is 2.44 bits per heavy atom. The van der Waals surface area contributed by atoms with Crippen LogP contribution in [0.2, 0.25) is 0 Å². The molecule has 4 N–H and O–H groups in total. The van der Waals surface area contributed by atoms with E-state index in [1.54, 1.807) is 11.8 Å². The van der Waals surface area contributed by atoms with Crippen LogP contribution in [-0.2, 0) is 0 Å². The molecule has 0 unspecified atom stereocenters. The zero-order valence-corrected chi connectivity index (χ0v) is 19.3. The van der Waals surface area contributed by atoms with Crippen molar-refractivity contribution in [2.45, 2.75) is 32.9 Å². The number of aromatic carboxylic acids is 1. The molecule has 0 bridgehead atoms. The Morgan fingerprint density at radius 1 is 1.21 bits per heavy atom. The Labute approximate surface area is 198 Å². The van der Waals surface area contributed by atoms with Crippen molar-refractivity contribution in [1.29, 1.82) is 0 Å². The topological polar surface area (TPSA) is 113 Å². The van der Waals surface area contributed by atoms with Crippen LogP contribution in [0.4, 0.5) is 24.7 Å². The summed E-state index contributed by atoms with van der Waals surface area (Å²) in [5, 5.41) is 12.6. The fourth-order valence-electron chi connectivity index (χ4n) is 4.22. The van der Waals surface area contributed by atoms with Gasteiger partial charge in [0.25, 0.3) is 0 Å². The minimum atomic E-state index is -1.58. The van der Waals surface area contributed by atoms with E-state index in [0.717, 1.165) is 16.8 Å². The standard InChI is InChI=1S/C22H22F3N5O3.ClH/c1-9(2)27-11-6-29(7-11)18-10(3)17-12(4-14(18)23)19(31)13(22(32)33)8-30(17)21-16(25)5-15(24)20(26)28-21;/h4-5,8-9,11,27H,6-7H2,1-3H3,(H2,26,28)(H,32,33);1H. The summed E-state index contributed by atoms with van der Waals surface area (Å²) in [6.07, 6.45) is 0.893. The predicted octanol–water partition coefficient (Wildman–Crippen LogP) is 3.00. The number of rotatable bonds is 5. The first-order valence-electron chi connectivity index (χ1n) is 10.2. The maximum Gasteiger partial charge on any atom is 0.341 e. The van der Waals surface area contributed by atoms with Crippen molar-refractivity contribution in [2.24, 2.45) is 0 Å². The van der Waals surface area contributed by atoms with Gasteiger partial charge in [0.05, 0.1) is 16.6 Å². The summed E-state index contributed by atoms with van der Waals surface area (Å²) >= 11 is 0. The van der Waals surface area contributed by atoms with Gasteiger partial charge >= 0.3 is 5.97 Å². The highest BCUT2D eigenvalue weighted by atomic mass is 35.5. The minimum absolute atomic E-state index is 0. The SMILES string of the molecule is Cc1c(N2CC(NC(C)C)C2)c(F)cc2c(=O)c(C(=O)O)cn(-c3nc(N)c(F)cc3F)c12.Cl. The van der Waals surface area contributed by atoms with E-state index in [9.17, 15) is 23.5 Å². The van der Waals surface area contributed by atoms with Crippen LogP contribution in [0.25, 0.3) is 16.7 Å². The van der Waals surface area contributed by atoms with Gasteiger partial charge in [-0.1, -0.05) is 13.8 Å². The Balaban J connectivity index is 0.00000324. The van der Waals surface area contributed by atoms with E-state index in [1.165, 1.54) is 0 Å². The molecule has 2 aromatic heterocycles. The van der Waals surface area contributed by atoms with E-state index in [1.807, 2.05) is 13.8 Å². The molecule has 1 fully saturated rings. The van der Waals surface area contributed by atoms with Crippen LogP contribution >= 0.6 is 12.4 Å². The first-order chi connectivity index (χ1) is 15.5. The van der Waals surface area contributed by atoms with E-state index < -0.39 is 46.0 Å². The molecule has 0 atom stereocenters. The number of carbonyl (C=O) groups is 1. The second-order valence-corrected chi connectivity index (χ2v) is 8.36. The minimum Gasteiger partial charge on any atom is -0.477 e. The maximum atomic E-state index is 15.2. The molecule has 1 aliphatic rings. The summed E-state index contributed by atoms with van der Waals surface area (Å²) in [4.78, 5) is 30.0. The fourth-order valence-corrected chi connectivity index (χ4v) is 4.22. The number of pyridine rings is 2. The molecule has 0 radical (unpaired) electrons. The number of aromatic nitrogens is 2. The van der Waals surface area contributed by atoms with E-state index in [4.69, 9.17) is 5.73 Å². The van der Waals surface area contributed by atoms with E-state index in [0.29, 0.717) is 19.2 Å². The zero-order valence-electron chi connectivity index (χ0n) is 18.5. The Morgan fingerprint density at radius 2 is 1.85 bits per heavy atom. The first-order valence-corrected chi connectivity index (χ1v) is 10.2. The van der Waals surface area contributed by atoms with Crippen LogP contribution < -0.4 is 21.4 Å². The van der Waals surface area contributed by atoms with Gasteiger partial charge in [-0.15, -0.1) is 12.4 Å². The van der Waals surface area contributed by atoms with Gasteiger partial charge in [0.2, 0.25) is 5.43 Å². The van der Waals surface area contributed by atoms with Crippen LogP contribution in [0.1, 0.15) is 29.8 Å². The third-order valence-corrected chi connectivity index (χ3v) is 5.61. The Hall–Kier alpha value is -3.31. The van der Waals surface area contributed by atoms with Crippen LogP contribution in [0.3, 0.4) is 0 Å². The van der Waals surface area contributed by atoms with Gasteiger partial charge in [-0.05, 0) is 13.0 Å². The average molecular weight is 498 g/mol. The maximum absolute atomic E-state index is 15.2. The molecule has 182 valence electrons. The molecular weight excluding hydrogens is 475 g/mol. The Kier molecular flexibility index (Phi) is 6.81. The number of anilines is 2. The molecule has 0 amide bonds. The van der Waals surface area contributed by atoms with Gasteiger partial charge in [0.1, 0.15) is 11.4 Å². The molecule has 34 heavy (non-hydrogen) atoms. The van der Waals surface area contributed by atoms with Gasteiger partial charge in [0.15, 0.2) is 23.3 Å². The number of nitrogen functional groups attached to an aromatic ring is 1. The van der Waals surface area contributed by atoms with E-state index >= 15 is 4.39 Å². The highest BCUT2D eigenvalue weighted by Crippen LogP contribution is 2.34. The summed E-state index contributed by atoms with van der Waals surface area (Å²) < 4.78 is 44.6. The van der Waals surface area contributed by atoms with Crippen molar-refractivity contribution in [3.63, 3.8) is 0 Å². The number of aryl methyl sites for hydroxylation is 1. The van der Waals surface area contributed by atoms with Crippen LogP contribution in [-0.4, -0.2) is 45.8 Å². The quantitative estimate of drug-likeness (QED) is 0.496. The van der Waals surface area contributed by atoms with E-state index in [2.05, 4.69) is 10.3 Å². The molecule has 8 nitrogen and oxygen atoms in total. The number of carboxylic acids is 1. The predicted molar refractivity (Wildman–Crippen MR) is 125 cm³/mol. The molecule has 0 aliphatic carbocycles. The summed E-state index contributed by atoms with van der Waals surface area (Å²) in [5.41, 5.74) is 4.40. The Bertz CT molecular complexity index is 1360. The number of hydrogen-bond donors (Lipinski definition) is 3. The second kappa shape index (κ2) is 9.15. The normalized spacial score (nSPS) is 13.8. The molecule has 4 rings (SSSR count). The summed E-state index contributed by atoms with van der Waals surface area (Å²) in [6.45, 7) is 6.56. The molecule has 3 aromatic rings. The highest BCUT2D eigenvalue weighted by Gasteiger charge is 2.32. The average Bonchev–Trinajstić information content (AvgIpc) is 2.69. The number of benzene rings is 1. The number of carboxylic acid groups (broad SMARTS) is 1. The van der Waals surface area contributed by atoms with Crippen molar-refractivity contribution in [3.05, 3.63) is 57.1 Å². The summed E-state index contributed by atoms with van der Waals surface area (Å²) in [7, 11) is 0. The number of fused-ring (bicyclic) bond motifs is 1. The molecule has 0 spiro atoms. The van der Waals surface area contributed by atoms with Gasteiger partial charge in [-0.2, -0.15) is 0 Å². The van der Waals surface area contributed by atoms with Crippen molar-refractivity contribution >= 4 is 40.8 Å². The van der Waals surface area contributed by atoms with Crippen LogP contribution in [0.5, 0.6) is 0 Å². The zero-order chi connectivity index (χ0) is 24.2. The van der Waals surface area contributed by atoms with Gasteiger partial charge in [0, 0.05) is 43.0 Å². The monoisotopic (exact) mass is 497 g/mol. The largest absolute Gasteiger partial charge is 0.477 e. The molecule has 3 heterocycles. The van der Waals surface area contributed by atoms with Crippen molar-refractivity contribution in [3.8, 4) is 5.82 Å². The number of nitrogens with two attached hydrogens (primary N) is 1. The van der Waals surface area contributed by atoms with Crippen molar-refractivity contribution in [2.75, 3.05) is 23.7 Å². The molecule has 0 saturated carbocycles. The second-order valence-electron chi connectivity index (χ2n) is 8.36. The van der Waals surface area contributed by atoms with E-state index in [-0.39, 0.29) is 46.6 Å². The summed E-state index contributed by atoms with van der Waals surface area (Å²) in [5.74, 6) is -5.63. The lowest BCUT2D eigenvalue weighted by molar-refractivity contribution is 0.0695. The molecule has 12 heteroatoms. The van der Waals surface area contributed by atoms with Crippen LogP contribution in [0, 0.1) is 24.4 Å². The lowest BCUT2D eigenvalue weighted by Crippen LogP contribution is -2.60. The van der Waals surface area contributed by atoms with Gasteiger partial charge in [-0.3, -0.25) is 9.36 Å². The number of nitrogens with zero attached hydrogens (tertiary/aromatic N) is 3. The van der Waals surface area contributed by atoms with Crippen molar-refractivity contribution < 1.29 is 23.1 Å². The smallest absolute Gasteiger partial charge is 0.341 e. The third kappa shape index (κ3) is 4.16. The van der Waals surface area contributed by atoms with Gasteiger partial charge < -0.3 is 21.1 Å². The third-order valence-electron chi connectivity index (χ3n) is 5.61. The highest BCUT2D eigenvalue weighted by molar-refractivity contribution is 5.96. The number of halogens is 4. The fraction of sp³-hybridized carbons (Fsp3) is 0.318. The molecular formula is C22H23ClF3N5O3. The van der Waals surface area contributed by atoms with Crippen molar-refractivity contribution in [1.82, 2.24) is 14.9 Å². The first kappa shape index (κ1) is 25.3. The molecule has 1 saturated heterocycles. The van der Waals surface area contributed by atoms with Crippen LogP contribution in [0.15, 0.2) is 23.1 Å². The number of hydrogen-bond acceptors (Lipinski definition) is 6. The number of nitrogens with one attached hydrogen (secondary N) is 1. The lowest BCUT2D eigenvalue weighted by atomic mass is 10.00. The summed E-state index contributed by atoms with van der Waals surface area (Å²) in [6, 6.07) is 1.85. The molecule has 1 aromatic carbocycles. The lowest BCUT2D eigenvalue weighted by Gasteiger charge is -2.43. The molecule has 1 aliphatic heterocycles. The van der Waals surface area contributed by atoms with Gasteiger partial charge in [-0.25, -0.2) is 22.9 Å².